The molecule has 1 aliphatic heterocycles. The quantitative estimate of drug-likeness (QED) is 0.697. The van der Waals surface area contributed by atoms with Crippen LogP contribution in [0.2, 0.25) is 0 Å². The van der Waals surface area contributed by atoms with Gasteiger partial charge in [0.15, 0.2) is 5.11 Å². The molecule has 106 valence electrons. The van der Waals surface area contributed by atoms with Gasteiger partial charge in [-0.1, -0.05) is 6.07 Å². The van der Waals surface area contributed by atoms with Crippen LogP contribution in [0, 0.1) is 0 Å². The van der Waals surface area contributed by atoms with Crippen molar-refractivity contribution < 1.29 is 13.9 Å². The SMILES string of the molecule is COc1cccc(N2C(=O)C(=Cc3ccco3)NC2=S)c1. The maximum Gasteiger partial charge on any atom is 0.281 e. The molecule has 2 heterocycles. The number of hydrogen-bond acceptors (Lipinski definition) is 4. The van der Waals surface area contributed by atoms with Crippen LogP contribution in [0.4, 0.5) is 5.69 Å². The molecule has 5 nitrogen and oxygen atoms in total. The van der Waals surface area contributed by atoms with Gasteiger partial charge in [0.25, 0.3) is 5.91 Å². The van der Waals surface area contributed by atoms with E-state index in [1.54, 1.807) is 55.8 Å². The molecule has 1 amide bonds. The Morgan fingerprint density at radius 2 is 2.19 bits per heavy atom. The van der Waals surface area contributed by atoms with Crippen LogP contribution >= 0.6 is 12.2 Å². The van der Waals surface area contributed by atoms with Crippen LogP contribution in [-0.4, -0.2) is 18.1 Å². The Balaban J connectivity index is 1.93. The number of methoxy groups -OCH3 is 1. The van der Waals surface area contributed by atoms with Gasteiger partial charge >= 0.3 is 0 Å². The lowest BCUT2D eigenvalue weighted by molar-refractivity contribution is -0.113. The number of ether oxygens (including phenoxy) is 1. The molecular formula is C15H12N2O3S. The minimum absolute atomic E-state index is 0.232. The number of nitrogens with zero attached hydrogens (tertiary/aromatic N) is 1. The van der Waals surface area contributed by atoms with Crippen LogP contribution in [0.3, 0.4) is 0 Å². The zero-order valence-corrected chi connectivity index (χ0v) is 12.0. The lowest BCUT2D eigenvalue weighted by Crippen LogP contribution is -2.30. The number of furan rings is 1. The van der Waals surface area contributed by atoms with Gasteiger partial charge < -0.3 is 14.5 Å². The lowest BCUT2D eigenvalue weighted by Gasteiger charge is -2.14. The van der Waals surface area contributed by atoms with Crippen molar-refractivity contribution in [2.24, 2.45) is 0 Å². The first-order chi connectivity index (χ1) is 10.2. The fourth-order valence-electron chi connectivity index (χ4n) is 2.03. The highest BCUT2D eigenvalue weighted by molar-refractivity contribution is 7.80. The molecule has 1 aliphatic rings. The Morgan fingerprint density at radius 3 is 2.90 bits per heavy atom. The summed E-state index contributed by atoms with van der Waals surface area (Å²) in [6, 6.07) is 10.7. The average Bonchev–Trinajstić information content (AvgIpc) is 3.08. The van der Waals surface area contributed by atoms with Gasteiger partial charge in [-0.15, -0.1) is 0 Å². The molecule has 1 saturated heterocycles. The van der Waals surface area contributed by atoms with Crippen molar-refractivity contribution in [2.75, 3.05) is 12.0 Å². The molecule has 1 aromatic carbocycles. The van der Waals surface area contributed by atoms with Crippen molar-refractivity contribution in [3.05, 3.63) is 54.1 Å². The van der Waals surface area contributed by atoms with E-state index in [1.165, 1.54) is 4.90 Å². The molecule has 0 aliphatic carbocycles. The molecule has 0 radical (unpaired) electrons. The fourth-order valence-corrected chi connectivity index (χ4v) is 2.33. The molecule has 1 fully saturated rings. The maximum atomic E-state index is 12.5. The number of amides is 1. The van der Waals surface area contributed by atoms with Gasteiger partial charge in [0.1, 0.15) is 17.2 Å². The van der Waals surface area contributed by atoms with Crippen LogP contribution in [0.5, 0.6) is 5.75 Å². The summed E-state index contributed by atoms with van der Waals surface area (Å²) in [4.78, 5) is 13.9. The number of anilines is 1. The van der Waals surface area contributed by atoms with E-state index in [0.717, 1.165) is 0 Å². The molecule has 2 aromatic rings. The van der Waals surface area contributed by atoms with Gasteiger partial charge in [0.05, 0.1) is 19.1 Å². The molecule has 0 saturated carbocycles. The van der Waals surface area contributed by atoms with Crippen molar-refractivity contribution in [1.29, 1.82) is 0 Å². The third-order valence-corrected chi connectivity index (χ3v) is 3.30. The highest BCUT2D eigenvalue weighted by Crippen LogP contribution is 2.25. The second-order valence-electron chi connectivity index (χ2n) is 4.35. The molecule has 1 N–H and O–H groups in total. The fraction of sp³-hybridized carbons (Fsp3) is 0.0667. The Kier molecular flexibility index (Phi) is 3.45. The van der Waals surface area contributed by atoms with Crippen molar-refractivity contribution >= 4 is 35.0 Å². The molecule has 0 unspecified atom stereocenters. The number of carbonyl (C=O) groups is 1. The van der Waals surface area contributed by atoms with Crippen LogP contribution < -0.4 is 15.0 Å². The van der Waals surface area contributed by atoms with Crippen molar-refractivity contribution in [3.8, 4) is 5.75 Å². The second kappa shape index (κ2) is 5.41. The zero-order chi connectivity index (χ0) is 14.8. The maximum absolute atomic E-state index is 12.5. The summed E-state index contributed by atoms with van der Waals surface area (Å²) >= 11 is 5.23. The molecule has 6 heteroatoms. The van der Waals surface area contributed by atoms with Crippen molar-refractivity contribution in [1.82, 2.24) is 5.32 Å². The van der Waals surface area contributed by atoms with E-state index in [4.69, 9.17) is 21.4 Å². The minimum Gasteiger partial charge on any atom is -0.497 e. The van der Waals surface area contributed by atoms with Gasteiger partial charge in [-0.3, -0.25) is 9.69 Å². The first-order valence-electron chi connectivity index (χ1n) is 6.24. The van der Waals surface area contributed by atoms with Crippen molar-refractivity contribution in [2.45, 2.75) is 0 Å². The smallest absolute Gasteiger partial charge is 0.281 e. The van der Waals surface area contributed by atoms with Crippen LogP contribution in [-0.2, 0) is 4.79 Å². The van der Waals surface area contributed by atoms with Gasteiger partial charge in [-0.05, 0) is 36.5 Å². The second-order valence-corrected chi connectivity index (χ2v) is 4.73. The van der Waals surface area contributed by atoms with Gasteiger partial charge in [-0.2, -0.15) is 0 Å². The van der Waals surface area contributed by atoms with E-state index >= 15 is 0 Å². The predicted molar refractivity (Wildman–Crippen MR) is 82.9 cm³/mol. The summed E-state index contributed by atoms with van der Waals surface area (Å²) in [7, 11) is 1.57. The summed E-state index contributed by atoms with van der Waals surface area (Å²) in [5, 5.41) is 3.22. The third-order valence-electron chi connectivity index (χ3n) is 3.02. The Hall–Kier alpha value is -2.60. The number of carbonyl (C=O) groups excluding carboxylic acids is 1. The number of benzene rings is 1. The number of rotatable bonds is 3. The molecule has 0 atom stereocenters. The number of thiocarbonyl (C=S) groups is 1. The largest absolute Gasteiger partial charge is 0.497 e. The number of nitrogens with one attached hydrogen (secondary N) is 1. The molecule has 0 spiro atoms. The Labute approximate surface area is 126 Å². The first-order valence-corrected chi connectivity index (χ1v) is 6.64. The molecule has 21 heavy (non-hydrogen) atoms. The first kappa shape index (κ1) is 13.4. The van der Waals surface area contributed by atoms with Crippen LogP contribution in [0.15, 0.2) is 52.8 Å². The molecular weight excluding hydrogens is 288 g/mol. The normalized spacial score (nSPS) is 16.4. The summed E-state index contributed by atoms with van der Waals surface area (Å²) in [6.45, 7) is 0. The van der Waals surface area contributed by atoms with E-state index in [-0.39, 0.29) is 5.91 Å². The van der Waals surface area contributed by atoms with Crippen molar-refractivity contribution in [3.63, 3.8) is 0 Å². The molecule has 0 bridgehead atoms. The summed E-state index contributed by atoms with van der Waals surface area (Å²) in [5.74, 6) is 1.01. The topological polar surface area (TPSA) is 54.7 Å². The average molecular weight is 300 g/mol. The Bertz CT molecular complexity index is 722. The summed E-state index contributed by atoms with van der Waals surface area (Å²) < 4.78 is 10.4. The predicted octanol–water partition coefficient (Wildman–Crippen LogP) is 2.55. The van der Waals surface area contributed by atoms with E-state index in [1.807, 2.05) is 0 Å². The summed E-state index contributed by atoms with van der Waals surface area (Å²) in [5.41, 5.74) is 1.03. The van der Waals surface area contributed by atoms with Gasteiger partial charge in [-0.25, -0.2) is 0 Å². The summed E-state index contributed by atoms with van der Waals surface area (Å²) in [6.07, 6.45) is 3.17. The number of hydrogen-bond donors (Lipinski definition) is 1. The molecule has 1 aromatic heterocycles. The third kappa shape index (κ3) is 2.53. The van der Waals surface area contributed by atoms with Gasteiger partial charge in [0.2, 0.25) is 0 Å². The lowest BCUT2D eigenvalue weighted by atomic mass is 10.2. The standard InChI is InChI=1S/C15H12N2O3S/c1-19-11-5-2-4-10(8-11)17-14(18)13(16-15(17)21)9-12-6-3-7-20-12/h2-9H,1H3,(H,16,21). The van der Waals surface area contributed by atoms with E-state index < -0.39 is 0 Å². The van der Waals surface area contributed by atoms with E-state index in [0.29, 0.717) is 28.0 Å². The Morgan fingerprint density at radius 1 is 1.33 bits per heavy atom. The van der Waals surface area contributed by atoms with Crippen LogP contribution in [0.25, 0.3) is 6.08 Å². The molecule has 3 rings (SSSR count). The monoisotopic (exact) mass is 300 g/mol. The van der Waals surface area contributed by atoms with E-state index in [2.05, 4.69) is 5.32 Å². The minimum atomic E-state index is -0.232. The highest BCUT2D eigenvalue weighted by Gasteiger charge is 2.32. The van der Waals surface area contributed by atoms with Crippen LogP contribution in [0.1, 0.15) is 5.76 Å². The highest BCUT2D eigenvalue weighted by atomic mass is 32.1. The van der Waals surface area contributed by atoms with E-state index in [9.17, 15) is 4.79 Å². The zero-order valence-electron chi connectivity index (χ0n) is 11.2. The van der Waals surface area contributed by atoms with Gasteiger partial charge in [0, 0.05) is 12.1 Å².